The number of nitrogens with zero attached hydrogens (tertiary/aromatic N) is 5. The predicted molar refractivity (Wildman–Crippen MR) is 100 cm³/mol. The van der Waals surface area contributed by atoms with Crippen LogP contribution < -0.4 is 4.90 Å². The Bertz CT molecular complexity index is 883. The van der Waals surface area contributed by atoms with Crippen molar-refractivity contribution in [3.8, 4) is 11.3 Å². The van der Waals surface area contributed by atoms with Gasteiger partial charge in [0.2, 0.25) is 5.89 Å². The van der Waals surface area contributed by atoms with Crippen LogP contribution in [0, 0.1) is 5.82 Å². The Kier molecular flexibility index (Phi) is 4.83. The first-order valence-corrected chi connectivity index (χ1v) is 9.28. The number of benzene rings is 1. The van der Waals surface area contributed by atoms with Crippen LogP contribution in [-0.2, 0) is 0 Å². The molecule has 0 N–H and O–H groups in total. The molecule has 27 heavy (non-hydrogen) atoms. The first kappa shape index (κ1) is 17.6. The molecule has 1 aliphatic rings. The first-order valence-electron chi connectivity index (χ1n) is 9.28. The molecule has 0 aliphatic carbocycles. The molecule has 3 heterocycles. The summed E-state index contributed by atoms with van der Waals surface area (Å²) < 4.78 is 18.5. The van der Waals surface area contributed by atoms with Crippen molar-refractivity contribution in [3.63, 3.8) is 0 Å². The smallest absolute Gasteiger partial charge is 0.229 e. The van der Waals surface area contributed by atoms with E-state index in [0.29, 0.717) is 5.92 Å². The van der Waals surface area contributed by atoms with Crippen LogP contribution in [0.5, 0.6) is 0 Å². The molecular weight excluding hydrogens is 345 g/mol. The fourth-order valence-corrected chi connectivity index (χ4v) is 3.27. The van der Waals surface area contributed by atoms with Crippen LogP contribution in [0.4, 0.5) is 10.2 Å². The van der Waals surface area contributed by atoms with Crippen LogP contribution in [0.2, 0.25) is 0 Å². The molecule has 0 unspecified atom stereocenters. The van der Waals surface area contributed by atoms with E-state index in [1.807, 2.05) is 12.1 Å². The second kappa shape index (κ2) is 7.42. The van der Waals surface area contributed by atoms with Gasteiger partial charge in [-0.15, -0.1) is 10.2 Å². The van der Waals surface area contributed by atoms with Gasteiger partial charge >= 0.3 is 0 Å². The molecule has 4 rings (SSSR count). The van der Waals surface area contributed by atoms with Crippen LogP contribution in [-0.4, -0.2) is 33.4 Å². The van der Waals surface area contributed by atoms with Gasteiger partial charge in [0, 0.05) is 30.5 Å². The quantitative estimate of drug-likeness (QED) is 0.689. The van der Waals surface area contributed by atoms with Gasteiger partial charge in [-0.2, -0.15) is 4.98 Å². The van der Waals surface area contributed by atoms with Gasteiger partial charge in [0.25, 0.3) is 0 Å². The maximum atomic E-state index is 13.0. The lowest BCUT2D eigenvalue weighted by molar-refractivity contribution is 0.325. The summed E-state index contributed by atoms with van der Waals surface area (Å²) in [4.78, 5) is 6.75. The Morgan fingerprint density at radius 1 is 1.04 bits per heavy atom. The van der Waals surface area contributed by atoms with Crippen LogP contribution >= 0.6 is 0 Å². The average molecular weight is 367 g/mol. The molecule has 1 aliphatic heterocycles. The Balaban J connectivity index is 1.39. The highest BCUT2D eigenvalue weighted by molar-refractivity contribution is 5.59. The van der Waals surface area contributed by atoms with E-state index >= 15 is 0 Å². The summed E-state index contributed by atoms with van der Waals surface area (Å²) in [6, 6.07) is 10.2. The highest BCUT2D eigenvalue weighted by atomic mass is 19.1. The Hall–Kier alpha value is -2.83. The summed E-state index contributed by atoms with van der Waals surface area (Å²) in [5, 5.41) is 12.7. The molecule has 1 fully saturated rings. The van der Waals surface area contributed by atoms with E-state index < -0.39 is 0 Å². The minimum absolute atomic E-state index is 0.257. The number of aromatic nitrogens is 4. The standard InChI is InChI=1S/C20H22FN5O/c1-13(2)19-22-20(27-25-19)15-9-11-26(12-10-15)18-8-7-17(23-24-18)14-3-5-16(21)6-4-14/h3-8,13,15H,9-12H2,1-2H3. The number of hydrogen-bond acceptors (Lipinski definition) is 6. The van der Waals surface area contributed by atoms with Crippen molar-refractivity contribution in [1.82, 2.24) is 20.3 Å². The third-order valence-corrected chi connectivity index (χ3v) is 4.93. The largest absolute Gasteiger partial charge is 0.355 e. The summed E-state index contributed by atoms with van der Waals surface area (Å²) in [6.45, 7) is 5.86. The molecule has 2 aromatic heterocycles. The molecule has 1 aromatic carbocycles. The number of piperidine rings is 1. The second-order valence-corrected chi connectivity index (χ2v) is 7.19. The van der Waals surface area contributed by atoms with Crippen molar-refractivity contribution in [1.29, 1.82) is 0 Å². The molecule has 0 spiro atoms. The number of anilines is 1. The lowest BCUT2D eigenvalue weighted by atomic mass is 9.96. The van der Waals surface area contributed by atoms with Gasteiger partial charge < -0.3 is 9.42 Å². The minimum Gasteiger partial charge on any atom is -0.355 e. The summed E-state index contributed by atoms with van der Waals surface area (Å²) >= 11 is 0. The van der Waals surface area contributed by atoms with E-state index in [1.54, 1.807) is 12.1 Å². The monoisotopic (exact) mass is 367 g/mol. The zero-order valence-corrected chi connectivity index (χ0v) is 15.5. The van der Waals surface area contributed by atoms with Gasteiger partial charge in [-0.05, 0) is 49.2 Å². The maximum Gasteiger partial charge on any atom is 0.229 e. The van der Waals surface area contributed by atoms with Crippen molar-refractivity contribution in [2.24, 2.45) is 0 Å². The molecule has 6 nitrogen and oxygen atoms in total. The van der Waals surface area contributed by atoms with Crippen molar-refractivity contribution in [2.75, 3.05) is 18.0 Å². The van der Waals surface area contributed by atoms with Gasteiger partial charge in [0.15, 0.2) is 11.6 Å². The molecule has 0 radical (unpaired) electrons. The molecule has 7 heteroatoms. The predicted octanol–water partition coefficient (Wildman–Crippen LogP) is 4.17. The zero-order chi connectivity index (χ0) is 18.8. The van der Waals surface area contributed by atoms with Crippen LogP contribution in [0.3, 0.4) is 0 Å². The normalized spacial score (nSPS) is 15.5. The number of rotatable bonds is 4. The molecule has 3 aromatic rings. The molecule has 0 bridgehead atoms. The van der Waals surface area contributed by atoms with Crippen molar-refractivity contribution in [2.45, 2.75) is 38.5 Å². The van der Waals surface area contributed by atoms with Gasteiger partial charge in [-0.1, -0.05) is 19.0 Å². The molecule has 1 saturated heterocycles. The van der Waals surface area contributed by atoms with Crippen molar-refractivity contribution < 1.29 is 8.91 Å². The highest BCUT2D eigenvalue weighted by Crippen LogP contribution is 2.30. The average Bonchev–Trinajstić information content (AvgIpc) is 3.20. The van der Waals surface area contributed by atoms with Gasteiger partial charge in [-0.3, -0.25) is 0 Å². The maximum absolute atomic E-state index is 13.0. The van der Waals surface area contributed by atoms with Gasteiger partial charge in [0.05, 0.1) is 5.69 Å². The lowest BCUT2D eigenvalue weighted by Crippen LogP contribution is -2.33. The van der Waals surface area contributed by atoms with Crippen LogP contribution in [0.1, 0.15) is 50.2 Å². The minimum atomic E-state index is -0.257. The third kappa shape index (κ3) is 3.82. The Morgan fingerprint density at radius 2 is 1.78 bits per heavy atom. The number of halogens is 1. The topological polar surface area (TPSA) is 67.9 Å². The van der Waals surface area contributed by atoms with Crippen LogP contribution in [0.25, 0.3) is 11.3 Å². The fraction of sp³-hybridized carbons (Fsp3) is 0.400. The summed E-state index contributed by atoms with van der Waals surface area (Å²) in [6.07, 6.45) is 1.89. The molecule has 140 valence electrons. The second-order valence-electron chi connectivity index (χ2n) is 7.19. The van der Waals surface area contributed by atoms with E-state index in [2.05, 4.69) is 39.1 Å². The van der Waals surface area contributed by atoms with E-state index in [4.69, 9.17) is 4.52 Å². The van der Waals surface area contributed by atoms with E-state index in [-0.39, 0.29) is 11.7 Å². The first-order chi connectivity index (χ1) is 13.1. The third-order valence-electron chi connectivity index (χ3n) is 4.93. The summed E-state index contributed by atoms with van der Waals surface area (Å²) in [7, 11) is 0. The Labute approximate surface area is 157 Å². The van der Waals surface area contributed by atoms with Crippen LogP contribution in [0.15, 0.2) is 40.9 Å². The van der Waals surface area contributed by atoms with Gasteiger partial charge in [-0.25, -0.2) is 4.39 Å². The van der Waals surface area contributed by atoms with Crippen molar-refractivity contribution in [3.05, 3.63) is 53.9 Å². The summed E-state index contributed by atoms with van der Waals surface area (Å²) in [5.74, 6) is 2.69. The highest BCUT2D eigenvalue weighted by Gasteiger charge is 2.26. The fourth-order valence-electron chi connectivity index (χ4n) is 3.27. The van der Waals surface area contributed by atoms with E-state index in [0.717, 1.165) is 54.7 Å². The molecular formula is C20H22FN5O. The molecule has 0 saturated carbocycles. The Morgan fingerprint density at radius 3 is 2.37 bits per heavy atom. The number of hydrogen-bond donors (Lipinski definition) is 0. The molecule has 0 atom stereocenters. The van der Waals surface area contributed by atoms with E-state index in [9.17, 15) is 4.39 Å². The SMILES string of the molecule is CC(C)c1noc(C2CCN(c3ccc(-c4ccc(F)cc4)nn3)CC2)n1. The van der Waals surface area contributed by atoms with Crippen molar-refractivity contribution >= 4 is 5.82 Å². The summed E-state index contributed by atoms with van der Waals surface area (Å²) in [5.41, 5.74) is 1.59. The lowest BCUT2D eigenvalue weighted by Gasteiger charge is -2.30. The zero-order valence-electron chi connectivity index (χ0n) is 15.5. The molecule has 0 amide bonds. The van der Waals surface area contributed by atoms with Gasteiger partial charge in [0.1, 0.15) is 5.82 Å². The van der Waals surface area contributed by atoms with E-state index in [1.165, 1.54) is 12.1 Å².